The Kier molecular flexibility index (Phi) is 3.78. The summed E-state index contributed by atoms with van der Waals surface area (Å²) in [6.07, 6.45) is 0. The number of aromatic amines is 1. The Morgan fingerprint density at radius 3 is 2.27 bits per heavy atom. The van der Waals surface area contributed by atoms with Gasteiger partial charge < -0.3 is 4.98 Å². The molecule has 0 spiro atoms. The second-order valence-corrected chi connectivity index (χ2v) is 5.22. The van der Waals surface area contributed by atoms with Gasteiger partial charge in [0.05, 0.1) is 0 Å². The van der Waals surface area contributed by atoms with E-state index >= 15 is 0 Å². The molecule has 0 saturated carbocycles. The van der Waals surface area contributed by atoms with Gasteiger partial charge in [-0.1, -0.05) is 54.1 Å². The van der Waals surface area contributed by atoms with Gasteiger partial charge in [-0.25, -0.2) is 0 Å². The predicted molar refractivity (Wildman–Crippen MR) is 87.7 cm³/mol. The fraction of sp³-hybridized carbons (Fsp3) is 0. The minimum Gasteiger partial charge on any atom is -0.321 e. The maximum Gasteiger partial charge on any atom is 0.266 e. The Morgan fingerprint density at radius 1 is 0.955 bits per heavy atom. The molecule has 0 unspecified atom stereocenters. The molecule has 0 amide bonds. The van der Waals surface area contributed by atoms with Crippen LogP contribution in [-0.2, 0) is 0 Å². The van der Waals surface area contributed by atoms with E-state index in [1.165, 1.54) is 0 Å². The standard InChI is InChI=1S/C18H11ClN2O/c19-14-8-6-12(7-9-14)15-10-17(13-4-2-1-3-5-13)21-18(22)16(15)11-20/h1-10H,(H,21,22). The number of H-pyrrole nitrogens is 1. The zero-order valence-corrected chi connectivity index (χ0v) is 12.3. The summed E-state index contributed by atoms with van der Waals surface area (Å²) in [5.41, 5.74) is 2.65. The summed E-state index contributed by atoms with van der Waals surface area (Å²) in [7, 11) is 0. The van der Waals surface area contributed by atoms with Gasteiger partial charge in [-0.2, -0.15) is 5.26 Å². The highest BCUT2D eigenvalue weighted by molar-refractivity contribution is 6.30. The predicted octanol–water partition coefficient (Wildman–Crippen LogP) is 4.23. The minimum atomic E-state index is -0.395. The molecule has 0 radical (unpaired) electrons. The minimum absolute atomic E-state index is 0.0991. The lowest BCUT2D eigenvalue weighted by molar-refractivity contribution is 1.22. The van der Waals surface area contributed by atoms with Crippen LogP contribution in [0.15, 0.2) is 65.5 Å². The van der Waals surface area contributed by atoms with Crippen molar-refractivity contribution in [3.05, 3.63) is 81.6 Å². The van der Waals surface area contributed by atoms with E-state index in [4.69, 9.17) is 11.6 Å². The van der Waals surface area contributed by atoms with E-state index in [-0.39, 0.29) is 5.56 Å². The smallest absolute Gasteiger partial charge is 0.266 e. The Morgan fingerprint density at radius 2 is 1.64 bits per heavy atom. The van der Waals surface area contributed by atoms with Gasteiger partial charge in [-0.05, 0) is 29.3 Å². The molecular formula is C18H11ClN2O. The van der Waals surface area contributed by atoms with Crippen molar-refractivity contribution in [1.29, 1.82) is 5.26 Å². The lowest BCUT2D eigenvalue weighted by Gasteiger charge is -2.08. The van der Waals surface area contributed by atoms with E-state index < -0.39 is 5.56 Å². The van der Waals surface area contributed by atoms with Crippen molar-refractivity contribution in [2.45, 2.75) is 0 Å². The number of benzene rings is 2. The molecule has 22 heavy (non-hydrogen) atoms. The molecule has 1 aromatic heterocycles. The van der Waals surface area contributed by atoms with Crippen molar-refractivity contribution in [2.75, 3.05) is 0 Å². The van der Waals surface area contributed by atoms with Crippen LogP contribution in [0.3, 0.4) is 0 Å². The first-order chi connectivity index (χ1) is 10.7. The van der Waals surface area contributed by atoms with E-state index in [2.05, 4.69) is 4.98 Å². The molecule has 0 aliphatic carbocycles. The van der Waals surface area contributed by atoms with Crippen LogP contribution in [-0.4, -0.2) is 4.98 Å². The molecule has 1 N–H and O–H groups in total. The summed E-state index contributed by atoms with van der Waals surface area (Å²) < 4.78 is 0. The molecule has 3 aromatic rings. The van der Waals surface area contributed by atoms with Gasteiger partial charge in [-0.3, -0.25) is 4.79 Å². The van der Waals surface area contributed by atoms with Gasteiger partial charge in [0.15, 0.2) is 0 Å². The quantitative estimate of drug-likeness (QED) is 0.770. The van der Waals surface area contributed by atoms with Crippen molar-refractivity contribution in [3.8, 4) is 28.5 Å². The summed E-state index contributed by atoms with van der Waals surface area (Å²) in [4.78, 5) is 15.0. The maximum absolute atomic E-state index is 12.2. The van der Waals surface area contributed by atoms with E-state index in [0.29, 0.717) is 16.3 Å². The summed E-state index contributed by atoms with van der Waals surface area (Å²) in [6, 6.07) is 20.4. The van der Waals surface area contributed by atoms with Crippen molar-refractivity contribution < 1.29 is 0 Å². The zero-order chi connectivity index (χ0) is 15.5. The second kappa shape index (κ2) is 5.88. The maximum atomic E-state index is 12.2. The van der Waals surface area contributed by atoms with Crippen LogP contribution >= 0.6 is 11.6 Å². The fourth-order valence-electron chi connectivity index (χ4n) is 2.30. The molecule has 0 bridgehead atoms. The number of hydrogen-bond acceptors (Lipinski definition) is 2. The molecule has 1 heterocycles. The first kappa shape index (κ1) is 14.1. The zero-order valence-electron chi connectivity index (χ0n) is 11.5. The molecule has 0 atom stereocenters. The molecular weight excluding hydrogens is 296 g/mol. The Labute approximate surface area is 132 Å². The average molecular weight is 307 g/mol. The molecule has 2 aromatic carbocycles. The van der Waals surface area contributed by atoms with Gasteiger partial charge in [-0.15, -0.1) is 0 Å². The number of hydrogen-bond donors (Lipinski definition) is 1. The molecule has 4 heteroatoms. The van der Waals surface area contributed by atoms with E-state index in [9.17, 15) is 10.1 Å². The largest absolute Gasteiger partial charge is 0.321 e. The summed E-state index contributed by atoms with van der Waals surface area (Å²) in [6.45, 7) is 0. The van der Waals surface area contributed by atoms with Crippen LogP contribution in [0, 0.1) is 11.3 Å². The highest BCUT2D eigenvalue weighted by Crippen LogP contribution is 2.26. The second-order valence-electron chi connectivity index (χ2n) is 4.79. The van der Waals surface area contributed by atoms with Crippen LogP contribution in [0.4, 0.5) is 0 Å². The van der Waals surface area contributed by atoms with Gasteiger partial charge in [0.1, 0.15) is 11.6 Å². The van der Waals surface area contributed by atoms with E-state index in [1.807, 2.05) is 42.5 Å². The third-order valence-electron chi connectivity index (χ3n) is 3.39. The lowest BCUT2D eigenvalue weighted by Crippen LogP contribution is -2.12. The van der Waals surface area contributed by atoms with Crippen molar-refractivity contribution >= 4 is 11.6 Å². The van der Waals surface area contributed by atoms with Gasteiger partial charge in [0.25, 0.3) is 5.56 Å². The summed E-state index contributed by atoms with van der Waals surface area (Å²) in [5.74, 6) is 0. The normalized spacial score (nSPS) is 10.2. The summed E-state index contributed by atoms with van der Waals surface area (Å²) in [5, 5.41) is 9.89. The molecule has 0 saturated heterocycles. The topological polar surface area (TPSA) is 56.6 Å². The van der Waals surface area contributed by atoms with E-state index in [0.717, 1.165) is 11.1 Å². The fourth-order valence-corrected chi connectivity index (χ4v) is 2.43. The Hall–Kier alpha value is -2.83. The Balaban J connectivity index is 2.24. The molecule has 106 valence electrons. The van der Waals surface area contributed by atoms with Crippen LogP contribution in [0.25, 0.3) is 22.4 Å². The SMILES string of the molecule is N#Cc1c(-c2ccc(Cl)cc2)cc(-c2ccccc2)[nH]c1=O. The van der Waals surface area contributed by atoms with E-state index in [1.54, 1.807) is 24.3 Å². The van der Waals surface area contributed by atoms with Crippen molar-refractivity contribution in [2.24, 2.45) is 0 Å². The number of nitrogens with one attached hydrogen (secondary N) is 1. The summed E-state index contributed by atoms with van der Waals surface area (Å²) >= 11 is 5.90. The highest BCUT2D eigenvalue weighted by atomic mass is 35.5. The first-order valence-electron chi connectivity index (χ1n) is 6.68. The third-order valence-corrected chi connectivity index (χ3v) is 3.64. The first-order valence-corrected chi connectivity index (χ1v) is 7.05. The van der Waals surface area contributed by atoms with Crippen LogP contribution < -0.4 is 5.56 Å². The van der Waals surface area contributed by atoms with Crippen LogP contribution in [0.1, 0.15) is 5.56 Å². The Bertz CT molecular complexity index is 907. The van der Waals surface area contributed by atoms with Gasteiger partial charge in [0, 0.05) is 16.3 Å². The molecule has 0 aliphatic heterocycles. The number of rotatable bonds is 2. The monoisotopic (exact) mass is 306 g/mol. The molecule has 0 aliphatic rings. The van der Waals surface area contributed by atoms with Gasteiger partial charge in [0.2, 0.25) is 0 Å². The molecule has 0 fully saturated rings. The molecule has 3 rings (SSSR count). The van der Waals surface area contributed by atoms with Crippen LogP contribution in [0.5, 0.6) is 0 Å². The number of nitriles is 1. The lowest BCUT2D eigenvalue weighted by atomic mass is 9.99. The van der Waals surface area contributed by atoms with Crippen molar-refractivity contribution in [3.63, 3.8) is 0 Å². The van der Waals surface area contributed by atoms with Crippen LogP contribution in [0.2, 0.25) is 5.02 Å². The van der Waals surface area contributed by atoms with Crippen molar-refractivity contribution in [1.82, 2.24) is 4.98 Å². The number of pyridine rings is 1. The average Bonchev–Trinajstić information content (AvgIpc) is 2.55. The number of nitrogens with zero attached hydrogens (tertiary/aromatic N) is 1. The highest BCUT2D eigenvalue weighted by Gasteiger charge is 2.12. The van der Waals surface area contributed by atoms with Gasteiger partial charge >= 0.3 is 0 Å². The third kappa shape index (κ3) is 2.65. The number of aromatic nitrogens is 1. The number of halogens is 1. The molecule has 3 nitrogen and oxygen atoms in total.